The van der Waals surface area contributed by atoms with Gasteiger partial charge in [0.25, 0.3) is 0 Å². The Kier molecular flexibility index (Phi) is 5.07. The predicted molar refractivity (Wildman–Crippen MR) is 97.1 cm³/mol. The second kappa shape index (κ2) is 7.08. The van der Waals surface area contributed by atoms with Crippen LogP contribution in [0.4, 0.5) is 0 Å². The zero-order chi connectivity index (χ0) is 17.2. The van der Waals surface area contributed by atoms with Crippen molar-refractivity contribution in [2.75, 3.05) is 19.7 Å². The Balaban J connectivity index is 1.77. The molecule has 1 aromatic heterocycles. The third kappa shape index (κ3) is 3.40. The molecule has 3 rings (SSSR count). The van der Waals surface area contributed by atoms with Gasteiger partial charge in [0.15, 0.2) is 0 Å². The van der Waals surface area contributed by atoms with Gasteiger partial charge in [0.1, 0.15) is 0 Å². The number of nitrogens with zero attached hydrogens (tertiary/aromatic N) is 3. The summed E-state index contributed by atoms with van der Waals surface area (Å²) in [6.45, 7) is 10.5. The highest BCUT2D eigenvalue weighted by Crippen LogP contribution is 2.34. The molecule has 1 fully saturated rings. The highest BCUT2D eigenvalue weighted by atomic mass is 16.3. The van der Waals surface area contributed by atoms with Gasteiger partial charge in [-0.3, -0.25) is 9.58 Å². The SMILES string of the molecule is Cc1nn(CCO)c(C)c1CN1CCCC(C)(c2ccccc2)C1. The summed E-state index contributed by atoms with van der Waals surface area (Å²) < 4.78 is 1.94. The number of aryl methyl sites for hydroxylation is 1. The molecule has 24 heavy (non-hydrogen) atoms. The van der Waals surface area contributed by atoms with E-state index < -0.39 is 0 Å². The van der Waals surface area contributed by atoms with Crippen LogP contribution in [0.25, 0.3) is 0 Å². The van der Waals surface area contributed by atoms with Crippen LogP contribution in [0.15, 0.2) is 30.3 Å². The van der Waals surface area contributed by atoms with Crippen molar-refractivity contribution >= 4 is 0 Å². The van der Waals surface area contributed by atoms with Crippen molar-refractivity contribution in [3.05, 3.63) is 52.8 Å². The van der Waals surface area contributed by atoms with E-state index in [1.165, 1.54) is 29.7 Å². The van der Waals surface area contributed by atoms with Gasteiger partial charge >= 0.3 is 0 Å². The summed E-state index contributed by atoms with van der Waals surface area (Å²) in [6.07, 6.45) is 2.48. The molecule has 4 heteroatoms. The Morgan fingerprint density at radius 3 is 2.67 bits per heavy atom. The third-order valence-corrected chi connectivity index (χ3v) is 5.47. The van der Waals surface area contributed by atoms with Crippen molar-refractivity contribution in [2.45, 2.75) is 52.1 Å². The molecule has 0 spiro atoms. The maximum absolute atomic E-state index is 9.19. The van der Waals surface area contributed by atoms with Crippen LogP contribution in [0.2, 0.25) is 0 Å². The normalized spacial score (nSPS) is 22.0. The molecule has 0 bridgehead atoms. The first-order chi connectivity index (χ1) is 11.5. The summed E-state index contributed by atoms with van der Waals surface area (Å²) in [5.74, 6) is 0. The number of hydrogen-bond donors (Lipinski definition) is 1. The van der Waals surface area contributed by atoms with E-state index in [1.54, 1.807) is 0 Å². The van der Waals surface area contributed by atoms with Crippen LogP contribution in [0.5, 0.6) is 0 Å². The minimum Gasteiger partial charge on any atom is -0.394 e. The molecule has 1 aliphatic heterocycles. The lowest BCUT2D eigenvalue weighted by molar-refractivity contribution is 0.149. The molecule has 1 atom stereocenters. The summed E-state index contributed by atoms with van der Waals surface area (Å²) >= 11 is 0. The second-order valence-corrected chi connectivity index (χ2v) is 7.34. The highest BCUT2D eigenvalue weighted by Gasteiger charge is 2.33. The Morgan fingerprint density at radius 1 is 1.21 bits per heavy atom. The van der Waals surface area contributed by atoms with E-state index in [2.05, 4.69) is 61.1 Å². The van der Waals surface area contributed by atoms with Crippen LogP contribution in [0, 0.1) is 13.8 Å². The first kappa shape index (κ1) is 17.2. The second-order valence-electron chi connectivity index (χ2n) is 7.34. The average Bonchev–Trinajstić information content (AvgIpc) is 2.84. The van der Waals surface area contributed by atoms with E-state index in [0.29, 0.717) is 6.54 Å². The van der Waals surface area contributed by atoms with Gasteiger partial charge in [-0.05, 0) is 38.8 Å². The van der Waals surface area contributed by atoms with Crippen molar-refractivity contribution in [3.8, 4) is 0 Å². The van der Waals surface area contributed by atoms with Crippen molar-refractivity contribution in [1.82, 2.24) is 14.7 Å². The van der Waals surface area contributed by atoms with Crippen molar-refractivity contribution < 1.29 is 5.11 Å². The zero-order valence-electron chi connectivity index (χ0n) is 15.1. The minimum absolute atomic E-state index is 0.136. The number of aromatic nitrogens is 2. The monoisotopic (exact) mass is 327 g/mol. The van der Waals surface area contributed by atoms with Gasteiger partial charge in [-0.2, -0.15) is 5.10 Å². The average molecular weight is 327 g/mol. The number of likely N-dealkylation sites (tertiary alicyclic amines) is 1. The first-order valence-corrected chi connectivity index (χ1v) is 8.95. The van der Waals surface area contributed by atoms with Gasteiger partial charge in [-0.15, -0.1) is 0 Å². The Morgan fingerprint density at radius 2 is 1.96 bits per heavy atom. The minimum atomic E-state index is 0.136. The van der Waals surface area contributed by atoms with Crippen molar-refractivity contribution in [2.24, 2.45) is 0 Å². The smallest absolute Gasteiger partial charge is 0.0644 e. The van der Waals surface area contributed by atoms with Gasteiger partial charge in [0.2, 0.25) is 0 Å². The van der Waals surface area contributed by atoms with Crippen LogP contribution >= 0.6 is 0 Å². The number of piperidine rings is 1. The van der Waals surface area contributed by atoms with Crippen LogP contribution in [-0.4, -0.2) is 39.5 Å². The zero-order valence-corrected chi connectivity index (χ0v) is 15.1. The van der Waals surface area contributed by atoms with E-state index in [4.69, 9.17) is 0 Å². The molecule has 1 N–H and O–H groups in total. The van der Waals surface area contributed by atoms with Crippen LogP contribution < -0.4 is 0 Å². The Bertz CT molecular complexity index is 680. The fourth-order valence-electron chi connectivity index (χ4n) is 4.05. The molecule has 1 unspecified atom stereocenters. The molecule has 4 nitrogen and oxygen atoms in total. The fourth-order valence-corrected chi connectivity index (χ4v) is 4.05. The summed E-state index contributed by atoms with van der Waals surface area (Å²) in [7, 11) is 0. The van der Waals surface area contributed by atoms with E-state index in [-0.39, 0.29) is 12.0 Å². The Labute approximate surface area is 145 Å². The molecule has 0 radical (unpaired) electrons. The lowest BCUT2D eigenvalue weighted by atomic mass is 9.76. The van der Waals surface area contributed by atoms with Gasteiger partial charge < -0.3 is 5.11 Å². The molecule has 130 valence electrons. The van der Waals surface area contributed by atoms with Crippen LogP contribution in [0.3, 0.4) is 0 Å². The number of hydrogen-bond acceptors (Lipinski definition) is 3. The molecule has 0 saturated carbocycles. The van der Waals surface area contributed by atoms with Gasteiger partial charge in [0, 0.05) is 29.8 Å². The van der Waals surface area contributed by atoms with Crippen molar-refractivity contribution in [3.63, 3.8) is 0 Å². The summed E-state index contributed by atoms with van der Waals surface area (Å²) in [5.41, 5.74) is 5.27. The maximum Gasteiger partial charge on any atom is 0.0644 e. The fraction of sp³-hybridized carbons (Fsp3) is 0.550. The van der Waals surface area contributed by atoms with Crippen molar-refractivity contribution in [1.29, 1.82) is 0 Å². The standard InChI is InChI=1S/C20H29N3O/c1-16-19(17(2)23(21-16)12-13-24)14-22-11-7-10-20(3,15-22)18-8-5-4-6-9-18/h4-6,8-9,24H,7,10-15H2,1-3H3. The molecule has 1 saturated heterocycles. The van der Waals surface area contributed by atoms with E-state index >= 15 is 0 Å². The van der Waals surface area contributed by atoms with E-state index in [1.807, 2.05) is 4.68 Å². The molecular weight excluding hydrogens is 298 g/mol. The topological polar surface area (TPSA) is 41.3 Å². The lowest BCUT2D eigenvalue weighted by Gasteiger charge is -2.41. The summed E-state index contributed by atoms with van der Waals surface area (Å²) in [5, 5.41) is 13.8. The third-order valence-electron chi connectivity index (χ3n) is 5.47. The molecule has 0 amide bonds. The van der Waals surface area contributed by atoms with Gasteiger partial charge in [0.05, 0.1) is 18.8 Å². The molecule has 0 aliphatic carbocycles. The number of aliphatic hydroxyl groups excluding tert-OH is 1. The molecule has 2 heterocycles. The van der Waals surface area contributed by atoms with Gasteiger partial charge in [-0.1, -0.05) is 37.3 Å². The summed E-state index contributed by atoms with van der Waals surface area (Å²) in [4.78, 5) is 2.57. The maximum atomic E-state index is 9.19. The predicted octanol–water partition coefficient (Wildman–Crippen LogP) is 3.05. The van der Waals surface area contributed by atoms with Crippen LogP contribution in [0.1, 0.15) is 42.3 Å². The molecular formula is C20H29N3O. The first-order valence-electron chi connectivity index (χ1n) is 8.95. The molecule has 1 aliphatic rings. The molecule has 1 aromatic carbocycles. The Hall–Kier alpha value is -1.65. The van der Waals surface area contributed by atoms with Gasteiger partial charge in [-0.25, -0.2) is 0 Å². The number of rotatable bonds is 5. The lowest BCUT2D eigenvalue weighted by Crippen LogP contribution is -2.44. The van der Waals surface area contributed by atoms with E-state index in [0.717, 1.165) is 25.3 Å². The molecule has 2 aromatic rings. The number of aliphatic hydroxyl groups is 1. The summed E-state index contributed by atoms with van der Waals surface area (Å²) in [6, 6.07) is 10.9. The largest absolute Gasteiger partial charge is 0.394 e. The highest BCUT2D eigenvalue weighted by molar-refractivity contribution is 5.27. The quantitative estimate of drug-likeness (QED) is 0.918. The number of benzene rings is 1. The van der Waals surface area contributed by atoms with Crippen LogP contribution in [-0.2, 0) is 18.5 Å². The van der Waals surface area contributed by atoms with E-state index in [9.17, 15) is 5.11 Å².